The summed E-state index contributed by atoms with van der Waals surface area (Å²) in [7, 11) is 0. The number of halogens is 5. The third-order valence-electron chi connectivity index (χ3n) is 1.78. The number of benzene rings is 1. The summed E-state index contributed by atoms with van der Waals surface area (Å²) in [6.45, 7) is 5.64. The van der Waals surface area contributed by atoms with Crippen LogP contribution in [0.15, 0.2) is 12.2 Å². The summed E-state index contributed by atoms with van der Waals surface area (Å²) < 4.78 is 0. The summed E-state index contributed by atoms with van der Waals surface area (Å²) in [6.07, 6.45) is 0.522. The minimum absolute atomic E-state index is 0.179. The molecule has 0 radical (unpaired) electrons. The number of hydrogen-bond acceptors (Lipinski definition) is 0. The fourth-order valence-corrected chi connectivity index (χ4v) is 2.42. The van der Waals surface area contributed by atoms with Gasteiger partial charge in [0.1, 0.15) is 0 Å². The lowest BCUT2D eigenvalue weighted by Crippen LogP contribution is -1.92. The van der Waals surface area contributed by atoms with E-state index in [9.17, 15) is 0 Å². The van der Waals surface area contributed by atoms with Gasteiger partial charge in [0.15, 0.2) is 0 Å². The van der Waals surface area contributed by atoms with Crippen molar-refractivity contribution in [3.63, 3.8) is 0 Å². The highest BCUT2D eigenvalue weighted by Gasteiger charge is 2.18. The highest BCUT2D eigenvalue weighted by molar-refractivity contribution is 6.55. The van der Waals surface area contributed by atoms with Gasteiger partial charge in [-0.05, 0) is 18.9 Å². The molecule has 0 atom stereocenters. The van der Waals surface area contributed by atoms with Crippen molar-refractivity contribution in [3.05, 3.63) is 42.8 Å². The first-order chi connectivity index (χ1) is 6.86. The number of rotatable bonds is 2. The van der Waals surface area contributed by atoms with Crippen LogP contribution in [0.3, 0.4) is 0 Å². The summed E-state index contributed by atoms with van der Waals surface area (Å²) >= 11 is 29.7. The van der Waals surface area contributed by atoms with E-state index >= 15 is 0 Å². The van der Waals surface area contributed by atoms with Gasteiger partial charge >= 0.3 is 0 Å². The van der Waals surface area contributed by atoms with Crippen molar-refractivity contribution in [3.8, 4) is 0 Å². The summed E-state index contributed by atoms with van der Waals surface area (Å²) in [5.41, 5.74) is 1.57. The average Bonchev–Trinajstić information content (AvgIpc) is 2.18. The third kappa shape index (κ3) is 2.75. The topological polar surface area (TPSA) is 0 Å². The monoisotopic (exact) mass is 302 g/mol. The van der Waals surface area contributed by atoms with Gasteiger partial charge in [-0.25, -0.2) is 0 Å². The van der Waals surface area contributed by atoms with Gasteiger partial charge < -0.3 is 0 Å². The van der Waals surface area contributed by atoms with E-state index in [-0.39, 0.29) is 15.1 Å². The predicted molar refractivity (Wildman–Crippen MR) is 70.0 cm³/mol. The van der Waals surface area contributed by atoms with E-state index in [1.165, 1.54) is 0 Å². The average molecular weight is 304 g/mol. The minimum atomic E-state index is 0.179. The Morgan fingerprint density at radius 2 is 1.20 bits per heavy atom. The Morgan fingerprint density at radius 1 is 0.867 bits per heavy atom. The number of hydrogen-bond donors (Lipinski definition) is 0. The van der Waals surface area contributed by atoms with Crippen LogP contribution in [0.5, 0.6) is 0 Å². The Bertz CT molecular complexity index is 393. The van der Waals surface area contributed by atoms with Gasteiger partial charge in [-0.3, -0.25) is 0 Å². The lowest BCUT2D eigenvalue weighted by atomic mass is 10.1. The highest BCUT2D eigenvalue weighted by atomic mass is 35.5. The Balaban J connectivity index is 3.45. The third-order valence-corrected chi connectivity index (χ3v) is 4.13. The van der Waals surface area contributed by atoms with Crippen LogP contribution in [0, 0.1) is 0 Å². The summed E-state index contributed by atoms with van der Waals surface area (Å²) in [5, 5.41) is 1.30. The van der Waals surface area contributed by atoms with Gasteiger partial charge in [-0.15, -0.1) is 0 Å². The van der Waals surface area contributed by atoms with Gasteiger partial charge in [0.25, 0.3) is 0 Å². The van der Waals surface area contributed by atoms with Gasteiger partial charge in [0.05, 0.1) is 25.1 Å². The second-order valence-corrected chi connectivity index (χ2v) is 5.07. The normalized spacial score (nSPS) is 10.5. The molecule has 0 saturated heterocycles. The number of allylic oxidation sites excluding steroid dienone is 1. The quantitative estimate of drug-likeness (QED) is 0.353. The molecule has 1 rings (SSSR count). The molecular formula is C10H7Cl5. The highest BCUT2D eigenvalue weighted by Crippen LogP contribution is 2.44. The van der Waals surface area contributed by atoms with Crippen LogP contribution in [0.25, 0.3) is 0 Å². The molecule has 15 heavy (non-hydrogen) atoms. The van der Waals surface area contributed by atoms with Crippen molar-refractivity contribution in [2.45, 2.75) is 13.3 Å². The maximum Gasteiger partial charge on any atom is 0.0809 e. The Hall–Kier alpha value is 0.410. The van der Waals surface area contributed by atoms with Crippen molar-refractivity contribution in [1.29, 1.82) is 0 Å². The predicted octanol–water partition coefficient (Wildman–Crippen LogP) is 6.07. The second-order valence-electron chi connectivity index (χ2n) is 3.18. The van der Waals surface area contributed by atoms with E-state index in [2.05, 4.69) is 6.58 Å². The van der Waals surface area contributed by atoms with Gasteiger partial charge in [-0.1, -0.05) is 70.2 Å². The molecule has 0 fully saturated rings. The molecule has 0 nitrogen and oxygen atoms in total. The molecule has 0 unspecified atom stereocenters. The summed E-state index contributed by atoms with van der Waals surface area (Å²) in [6, 6.07) is 0. The summed E-state index contributed by atoms with van der Waals surface area (Å²) in [4.78, 5) is 0. The zero-order chi connectivity index (χ0) is 11.7. The lowest BCUT2D eigenvalue weighted by Gasteiger charge is -2.12. The van der Waals surface area contributed by atoms with Gasteiger partial charge in [-0.2, -0.15) is 0 Å². The van der Waals surface area contributed by atoms with Crippen molar-refractivity contribution in [2.75, 3.05) is 0 Å². The Labute approximate surface area is 114 Å². The molecular weight excluding hydrogens is 297 g/mol. The zero-order valence-electron chi connectivity index (χ0n) is 7.80. The molecule has 0 bridgehead atoms. The van der Waals surface area contributed by atoms with Crippen LogP contribution in [0.1, 0.15) is 12.5 Å². The smallest absolute Gasteiger partial charge is 0.0809 e. The molecule has 0 aliphatic heterocycles. The van der Waals surface area contributed by atoms with Gasteiger partial charge in [0, 0.05) is 0 Å². The van der Waals surface area contributed by atoms with Crippen LogP contribution in [0.2, 0.25) is 25.1 Å². The molecule has 0 spiro atoms. The van der Waals surface area contributed by atoms with Crippen LogP contribution >= 0.6 is 58.0 Å². The van der Waals surface area contributed by atoms with Crippen molar-refractivity contribution >= 4 is 58.0 Å². The Morgan fingerprint density at radius 3 is 1.53 bits per heavy atom. The van der Waals surface area contributed by atoms with E-state index in [1.54, 1.807) is 0 Å². The molecule has 0 aromatic heterocycles. The molecule has 0 heterocycles. The molecule has 0 N–H and O–H groups in total. The standard InChI is InChI=1S/C10H7Cl5/c1-4(2)3-5-6(11)8(13)10(15)9(14)7(5)12/h1,3H2,2H3. The zero-order valence-corrected chi connectivity index (χ0v) is 11.6. The fourth-order valence-electron chi connectivity index (χ4n) is 1.11. The first-order valence-electron chi connectivity index (χ1n) is 4.01. The lowest BCUT2D eigenvalue weighted by molar-refractivity contribution is 1.15. The maximum atomic E-state index is 6.02. The van der Waals surface area contributed by atoms with E-state index in [4.69, 9.17) is 58.0 Å². The molecule has 82 valence electrons. The molecule has 1 aromatic carbocycles. The molecule has 0 aliphatic rings. The van der Waals surface area contributed by atoms with Crippen molar-refractivity contribution < 1.29 is 0 Å². The van der Waals surface area contributed by atoms with Crippen LogP contribution in [0.4, 0.5) is 0 Å². The second kappa shape index (κ2) is 5.16. The largest absolute Gasteiger partial charge is 0.0998 e. The first kappa shape index (κ1) is 13.5. The van der Waals surface area contributed by atoms with Crippen LogP contribution in [-0.2, 0) is 6.42 Å². The van der Waals surface area contributed by atoms with E-state index in [0.29, 0.717) is 22.0 Å². The SMILES string of the molecule is C=C(C)Cc1c(Cl)c(Cl)c(Cl)c(Cl)c1Cl. The van der Waals surface area contributed by atoms with Crippen molar-refractivity contribution in [1.82, 2.24) is 0 Å². The van der Waals surface area contributed by atoms with E-state index in [0.717, 1.165) is 5.57 Å². The van der Waals surface area contributed by atoms with E-state index in [1.807, 2.05) is 6.92 Å². The van der Waals surface area contributed by atoms with Gasteiger partial charge in [0.2, 0.25) is 0 Å². The fraction of sp³-hybridized carbons (Fsp3) is 0.200. The summed E-state index contributed by atoms with van der Waals surface area (Å²) in [5.74, 6) is 0. The molecule has 0 saturated carbocycles. The molecule has 1 aromatic rings. The maximum absolute atomic E-state index is 6.02. The molecule has 0 amide bonds. The minimum Gasteiger partial charge on any atom is -0.0998 e. The van der Waals surface area contributed by atoms with Crippen LogP contribution in [-0.4, -0.2) is 0 Å². The van der Waals surface area contributed by atoms with E-state index < -0.39 is 0 Å². The van der Waals surface area contributed by atoms with Crippen molar-refractivity contribution in [2.24, 2.45) is 0 Å². The Kier molecular flexibility index (Phi) is 4.64. The molecule has 0 aliphatic carbocycles. The van der Waals surface area contributed by atoms with Crippen LogP contribution < -0.4 is 0 Å². The first-order valence-corrected chi connectivity index (χ1v) is 5.90. The molecule has 5 heteroatoms.